The molecule has 1 unspecified atom stereocenters. The molecule has 1 saturated heterocycles. The molecule has 1 aliphatic heterocycles. The number of hydrogen-bond donors (Lipinski definition) is 1. The number of rotatable bonds is 5. The third-order valence-corrected chi connectivity index (χ3v) is 7.00. The highest BCUT2D eigenvalue weighted by atomic mass is 19.4. The van der Waals surface area contributed by atoms with Crippen LogP contribution in [0.2, 0.25) is 0 Å². The first kappa shape index (κ1) is 26.1. The Balaban J connectivity index is 1.68. The fourth-order valence-corrected chi connectivity index (χ4v) is 5.08. The molecule has 2 heterocycles. The van der Waals surface area contributed by atoms with Crippen molar-refractivity contribution < 1.29 is 22.0 Å². The van der Waals surface area contributed by atoms with E-state index in [2.05, 4.69) is 15.5 Å². The first-order chi connectivity index (χ1) is 16.8. The van der Waals surface area contributed by atoms with Gasteiger partial charge in [-0.2, -0.15) is 18.3 Å². The predicted molar refractivity (Wildman–Crippen MR) is 132 cm³/mol. The van der Waals surface area contributed by atoms with Crippen LogP contribution in [0.25, 0.3) is 10.8 Å². The Morgan fingerprint density at radius 2 is 1.81 bits per heavy atom. The number of benzene rings is 2. The van der Waals surface area contributed by atoms with Gasteiger partial charge in [-0.25, -0.2) is 8.78 Å². The lowest BCUT2D eigenvalue weighted by Gasteiger charge is -2.42. The topological polar surface area (TPSA) is 44.3 Å². The number of nitrogens with zero attached hydrogens (tertiary/aromatic N) is 4. The van der Waals surface area contributed by atoms with Crippen LogP contribution in [0, 0.1) is 13.8 Å². The van der Waals surface area contributed by atoms with Crippen molar-refractivity contribution in [1.29, 1.82) is 0 Å². The Kier molecular flexibility index (Phi) is 6.85. The molecule has 10 heteroatoms. The number of aromatic nitrogens is 2. The van der Waals surface area contributed by atoms with Crippen LogP contribution in [0.5, 0.6) is 0 Å². The van der Waals surface area contributed by atoms with Crippen molar-refractivity contribution in [2.75, 3.05) is 37.4 Å². The van der Waals surface area contributed by atoms with Crippen molar-refractivity contribution in [3.8, 4) is 0 Å². The van der Waals surface area contributed by atoms with Gasteiger partial charge in [-0.15, -0.1) is 5.10 Å². The van der Waals surface area contributed by atoms with Gasteiger partial charge < -0.3 is 15.1 Å². The van der Waals surface area contributed by atoms with Crippen molar-refractivity contribution >= 4 is 22.3 Å². The van der Waals surface area contributed by atoms with E-state index in [-0.39, 0.29) is 5.56 Å². The van der Waals surface area contributed by atoms with E-state index in [9.17, 15) is 22.0 Å². The molecule has 5 nitrogen and oxygen atoms in total. The Morgan fingerprint density at radius 1 is 1.08 bits per heavy atom. The number of aryl methyl sites for hydroxylation is 1. The summed E-state index contributed by atoms with van der Waals surface area (Å²) in [6.45, 7) is 5.08. The molecule has 2 atom stereocenters. The van der Waals surface area contributed by atoms with Crippen LogP contribution in [-0.2, 0) is 6.18 Å². The number of nitrogens with one attached hydrogen (secondary N) is 1. The third-order valence-electron chi connectivity index (χ3n) is 7.00. The van der Waals surface area contributed by atoms with E-state index in [1.54, 1.807) is 55.9 Å². The summed E-state index contributed by atoms with van der Waals surface area (Å²) >= 11 is 0. The molecule has 0 amide bonds. The Morgan fingerprint density at radius 3 is 2.44 bits per heavy atom. The highest BCUT2D eigenvalue weighted by Crippen LogP contribution is 2.37. The Hall–Kier alpha value is -3.01. The fourth-order valence-electron chi connectivity index (χ4n) is 5.08. The molecule has 4 rings (SSSR count). The monoisotopic (exact) mass is 507 g/mol. The first-order valence-corrected chi connectivity index (χ1v) is 11.8. The van der Waals surface area contributed by atoms with Crippen LogP contribution in [0.4, 0.5) is 33.5 Å². The minimum atomic E-state index is -4.45. The lowest BCUT2D eigenvalue weighted by molar-refractivity contribution is -0.138. The molecule has 0 radical (unpaired) electrons. The zero-order valence-electron chi connectivity index (χ0n) is 20.9. The minimum absolute atomic E-state index is 0.140. The van der Waals surface area contributed by atoms with Crippen LogP contribution < -0.4 is 10.2 Å². The maximum Gasteiger partial charge on any atom is 0.416 e. The van der Waals surface area contributed by atoms with Gasteiger partial charge in [0.1, 0.15) is 0 Å². The van der Waals surface area contributed by atoms with Crippen LogP contribution in [0.3, 0.4) is 0 Å². The second-order valence-corrected chi connectivity index (χ2v) is 9.70. The van der Waals surface area contributed by atoms with E-state index in [1.165, 1.54) is 13.0 Å². The SMILES string of the molecule is Cc1c(C(C)Nc2nnc(C)c3ccc(N4CC[C@@H](N(C)C)C(F)(F)C4)cc23)cccc1C(F)(F)F. The van der Waals surface area contributed by atoms with Gasteiger partial charge in [-0.3, -0.25) is 0 Å². The predicted octanol–water partition coefficient (Wildman–Crippen LogP) is 6.21. The van der Waals surface area contributed by atoms with Crippen molar-refractivity contribution in [2.24, 2.45) is 0 Å². The van der Waals surface area contributed by atoms with Crippen molar-refractivity contribution in [3.05, 3.63) is 58.8 Å². The van der Waals surface area contributed by atoms with Crippen LogP contribution >= 0.6 is 0 Å². The van der Waals surface area contributed by atoms with Crippen molar-refractivity contribution in [1.82, 2.24) is 15.1 Å². The lowest BCUT2D eigenvalue weighted by atomic mass is 9.97. The molecule has 2 aromatic carbocycles. The summed E-state index contributed by atoms with van der Waals surface area (Å²) in [6, 6.07) is 8.20. The van der Waals surface area contributed by atoms with Gasteiger partial charge >= 0.3 is 6.18 Å². The summed E-state index contributed by atoms with van der Waals surface area (Å²) in [7, 11) is 3.33. The highest BCUT2D eigenvalue weighted by molar-refractivity contribution is 5.95. The highest BCUT2D eigenvalue weighted by Gasteiger charge is 2.45. The zero-order valence-corrected chi connectivity index (χ0v) is 20.9. The first-order valence-electron chi connectivity index (χ1n) is 11.8. The largest absolute Gasteiger partial charge is 0.416 e. The number of alkyl halides is 5. The maximum atomic E-state index is 14.8. The number of hydrogen-bond acceptors (Lipinski definition) is 5. The summed E-state index contributed by atoms with van der Waals surface area (Å²) in [5, 5.41) is 13.1. The molecular weight excluding hydrogens is 477 g/mol. The molecule has 1 fully saturated rings. The summed E-state index contributed by atoms with van der Waals surface area (Å²) in [6.07, 6.45) is -4.13. The molecule has 0 aliphatic carbocycles. The number of anilines is 2. The maximum absolute atomic E-state index is 14.8. The third kappa shape index (κ3) is 4.96. The lowest BCUT2D eigenvalue weighted by Crippen LogP contribution is -2.56. The molecule has 36 heavy (non-hydrogen) atoms. The van der Waals surface area contributed by atoms with Gasteiger partial charge in [0.05, 0.1) is 29.9 Å². The number of halogens is 5. The van der Waals surface area contributed by atoms with E-state index in [0.717, 1.165) is 11.5 Å². The molecule has 0 spiro atoms. The number of fused-ring (bicyclic) bond motifs is 1. The second kappa shape index (κ2) is 9.46. The molecule has 1 aliphatic rings. The molecule has 1 N–H and O–H groups in total. The molecule has 0 saturated carbocycles. The Labute approximate surface area is 207 Å². The van der Waals surface area contributed by atoms with Gasteiger partial charge in [0, 0.05) is 23.0 Å². The molecular formula is C26H30F5N5. The molecule has 194 valence electrons. The molecule has 3 aromatic rings. The van der Waals surface area contributed by atoms with Gasteiger partial charge in [0.15, 0.2) is 5.82 Å². The summed E-state index contributed by atoms with van der Waals surface area (Å²) < 4.78 is 69.9. The fraction of sp³-hybridized carbons (Fsp3) is 0.462. The average molecular weight is 508 g/mol. The van der Waals surface area contributed by atoms with E-state index >= 15 is 0 Å². The second-order valence-electron chi connectivity index (χ2n) is 9.70. The van der Waals surface area contributed by atoms with Crippen LogP contribution in [-0.4, -0.2) is 54.2 Å². The van der Waals surface area contributed by atoms with Crippen molar-refractivity contribution in [2.45, 2.75) is 51.4 Å². The average Bonchev–Trinajstić information content (AvgIpc) is 2.79. The van der Waals surface area contributed by atoms with Gasteiger partial charge in [0.2, 0.25) is 0 Å². The van der Waals surface area contributed by atoms with E-state index in [4.69, 9.17) is 0 Å². The smallest absolute Gasteiger partial charge is 0.365 e. The zero-order chi connectivity index (χ0) is 26.4. The molecule has 1 aromatic heterocycles. The van der Waals surface area contributed by atoms with Crippen LogP contribution in [0.15, 0.2) is 36.4 Å². The quantitative estimate of drug-likeness (QED) is 0.416. The van der Waals surface area contributed by atoms with E-state index in [0.29, 0.717) is 41.1 Å². The van der Waals surface area contributed by atoms with Crippen LogP contribution in [0.1, 0.15) is 41.8 Å². The normalized spacial score (nSPS) is 19.1. The number of piperidine rings is 1. The van der Waals surface area contributed by atoms with Gasteiger partial charge in [-0.1, -0.05) is 18.2 Å². The summed E-state index contributed by atoms with van der Waals surface area (Å²) in [5.74, 6) is -2.49. The summed E-state index contributed by atoms with van der Waals surface area (Å²) in [5.41, 5.74) is 1.25. The van der Waals surface area contributed by atoms with Gasteiger partial charge in [0.25, 0.3) is 5.92 Å². The molecule has 0 bridgehead atoms. The minimum Gasteiger partial charge on any atom is -0.365 e. The summed E-state index contributed by atoms with van der Waals surface area (Å²) in [4.78, 5) is 3.23. The van der Waals surface area contributed by atoms with E-state index in [1.807, 2.05) is 6.07 Å². The van der Waals surface area contributed by atoms with Crippen molar-refractivity contribution in [3.63, 3.8) is 0 Å². The Bertz CT molecular complexity index is 1260. The standard InChI is InChI=1S/C26H30F5N5/c1-15-19(7-6-8-22(15)26(29,30)31)16(2)32-24-21-13-18(9-10-20(21)17(3)33-34-24)36-12-11-23(35(4)5)25(27,28)14-36/h6-10,13,16,23H,11-12,14H2,1-5H3,(H,32,34)/t16?,23-/m1/s1. The van der Waals surface area contributed by atoms with Gasteiger partial charge in [-0.05, 0) is 70.6 Å². The van der Waals surface area contributed by atoms with E-state index < -0.39 is 36.3 Å².